The molecule has 4 rings (SSSR count). The van der Waals surface area contributed by atoms with Crippen LogP contribution in [0.25, 0.3) is 0 Å². The second-order valence-corrected chi connectivity index (χ2v) is 9.73. The Morgan fingerprint density at radius 3 is 2.62 bits per heavy atom. The number of aryl methyl sites for hydroxylation is 1. The van der Waals surface area contributed by atoms with Crippen molar-refractivity contribution >= 4 is 11.7 Å². The molecule has 0 saturated carbocycles. The normalized spacial score (nSPS) is 23.5. The number of aliphatic hydroxyl groups is 2. The Kier molecular flexibility index (Phi) is 7.00. The Balaban J connectivity index is 1.51. The topological polar surface area (TPSA) is 95.4 Å². The van der Waals surface area contributed by atoms with Gasteiger partial charge >= 0.3 is 0 Å². The molecule has 8 nitrogen and oxygen atoms in total. The summed E-state index contributed by atoms with van der Waals surface area (Å²) in [6.07, 6.45) is 1.36. The highest BCUT2D eigenvalue weighted by Crippen LogP contribution is 2.47. The number of hydrogen-bond acceptors (Lipinski definition) is 7. The first-order valence-corrected chi connectivity index (χ1v) is 11.8. The van der Waals surface area contributed by atoms with E-state index in [2.05, 4.69) is 16.0 Å². The first-order valence-electron chi connectivity index (χ1n) is 11.8. The number of hydrogen-bond donors (Lipinski definition) is 2. The van der Waals surface area contributed by atoms with Crippen molar-refractivity contribution in [1.82, 2.24) is 9.88 Å². The highest BCUT2D eigenvalue weighted by atomic mass is 16.5. The average Bonchev–Trinajstić information content (AvgIpc) is 3.16. The summed E-state index contributed by atoms with van der Waals surface area (Å²) >= 11 is 0. The number of pyridine rings is 1. The molecule has 0 aliphatic carbocycles. The molecule has 2 saturated heterocycles. The molecule has 3 atom stereocenters. The molecule has 3 heterocycles. The number of aromatic nitrogens is 1. The zero-order chi connectivity index (χ0) is 24.5. The van der Waals surface area contributed by atoms with E-state index in [-0.39, 0.29) is 31.0 Å². The zero-order valence-electron chi connectivity index (χ0n) is 20.4. The fraction of sp³-hybridized carbons (Fsp3) is 0.538. The van der Waals surface area contributed by atoms with E-state index in [1.165, 1.54) is 0 Å². The second-order valence-electron chi connectivity index (χ2n) is 9.73. The van der Waals surface area contributed by atoms with Crippen molar-refractivity contribution in [2.75, 3.05) is 44.8 Å². The van der Waals surface area contributed by atoms with E-state index >= 15 is 0 Å². The van der Waals surface area contributed by atoms with Gasteiger partial charge in [-0.2, -0.15) is 0 Å². The molecule has 2 N–H and O–H groups in total. The van der Waals surface area contributed by atoms with E-state index in [0.29, 0.717) is 24.6 Å². The van der Waals surface area contributed by atoms with Gasteiger partial charge in [0.1, 0.15) is 11.9 Å². The van der Waals surface area contributed by atoms with E-state index in [0.717, 1.165) is 30.0 Å². The summed E-state index contributed by atoms with van der Waals surface area (Å²) in [5.41, 5.74) is 1.61. The molecule has 0 spiro atoms. The van der Waals surface area contributed by atoms with Crippen LogP contribution in [0.4, 0.5) is 5.82 Å². The van der Waals surface area contributed by atoms with Crippen LogP contribution in [-0.2, 0) is 4.79 Å². The van der Waals surface area contributed by atoms with Gasteiger partial charge in [0, 0.05) is 37.0 Å². The minimum Gasteiger partial charge on any atom is -0.493 e. The summed E-state index contributed by atoms with van der Waals surface area (Å²) in [4.78, 5) is 20.9. The molecule has 8 heteroatoms. The maximum Gasteiger partial charge on any atom is 0.224 e. The van der Waals surface area contributed by atoms with Crippen LogP contribution >= 0.6 is 0 Å². The Bertz CT molecular complexity index is 1010. The molecule has 2 aliphatic rings. The molecule has 34 heavy (non-hydrogen) atoms. The van der Waals surface area contributed by atoms with Crippen LogP contribution in [0.5, 0.6) is 11.5 Å². The lowest BCUT2D eigenvalue weighted by Crippen LogP contribution is -2.54. The molecule has 184 valence electrons. The molecule has 0 bridgehead atoms. The van der Waals surface area contributed by atoms with E-state index in [4.69, 9.17) is 9.47 Å². The SMILES string of the molecule is COc1ccc([C@@H]2CN(C(=O)CCO)C[C@@]2(C)[C@@H](C)O)cc1OC1CN(c2ccc(C)cn2)C1. The minimum absolute atomic E-state index is 0.0154. The summed E-state index contributed by atoms with van der Waals surface area (Å²) in [7, 11) is 1.62. The third-order valence-electron chi connectivity index (χ3n) is 7.31. The molecular weight excluding hydrogens is 434 g/mol. The first-order chi connectivity index (χ1) is 16.2. The van der Waals surface area contributed by atoms with Crippen molar-refractivity contribution in [1.29, 1.82) is 0 Å². The van der Waals surface area contributed by atoms with Crippen LogP contribution in [0.15, 0.2) is 36.5 Å². The van der Waals surface area contributed by atoms with E-state index < -0.39 is 11.5 Å². The molecule has 2 aliphatic heterocycles. The lowest BCUT2D eigenvalue weighted by atomic mass is 9.72. The Morgan fingerprint density at radius 2 is 2.00 bits per heavy atom. The van der Waals surface area contributed by atoms with Gasteiger partial charge in [0.2, 0.25) is 5.91 Å². The number of aliphatic hydroxyl groups excluding tert-OH is 2. The van der Waals surface area contributed by atoms with Gasteiger partial charge in [-0.15, -0.1) is 0 Å². The highest BCUT2D eigenvalue weighted by molar-refractivity contribution is 5.77. The molecule has 2 fully saturated rings. The van der Waals surface area contributed by atoms with Crippen molar-refractivity contribution < 1.29 is 24.5 Å². The van der Waals surface area contributed by atoms with Crippen molar-refractivity contribution in [2.24, 2.45) is 5.41 Å². The quantitative estimate of drug-likeness (QED) is 0.613. The third kappa shape index (κ3) is 4.70. The van der Waals surface area contributed by atoms with Crippen molar-refractivity contribution in [3.05, 3.63) is 47.7 Å². The number of rotatable bonds is 8. The Labute approximate surface area is 201 Å². The predicted molar refractivity (Wildman–Crippen MR) is 129 cm³/mol. The summed E-state index contributed by atoms with van der Waals surface area (Å²) in [5, 5.41) is 19.8. The average molecular weight is 470 g/mol. The number of methoxy groups -OCH3 is 1. The number of likely N-dealkylation sites (tertiary alicyclic amines) is 1. The van der Waals surface area contributed by atoms with Gasteiger partial charge in [-0.3, -0.25) is 4.79 Å². The van der Waals surface area contributed by atoms with Crippen LogP contribution in [0.1, 0.15) is 37.3 Å². The number of carbonyl (C=O) groups is 1. The van der Waals surface area contributed by atoms with Gasteiger partial charge in [0.25, 0.3) is 0 Å². The van der Waals surface area contributed by atoms with E-state index in [1.807, 2.05) is 44.3 Å². The van der Waals surface area contributed by atoms with Gasteiger partial charge in [0.15, 0.2) is 11.5 Å². The van der Waals surface area contributed by atoms with Crippen molar-refractivity contribution in [3.8, 4) is 11.5 Å². The van der Waals surface area contributed by atoms with Gasteiger partial charge in [-0.25, -0.2) is 4.98 Å². The summed E-state index contributed by atoms with van der Waals surface area (Å²) < 4.78 is 11.9. The summed E-state index contributed by atoms with van der Waals surface area (Å²) in [6, 6.07) is 9.94. The molecule has 1 aromatic carbocycles. The molecule has 2 aromatic rings. The molecular formula is C26H35N3O5. The Hall–Kier alpha value is -2.84. The maximum absolute atomic E-state index is 12.5. The van der Waals surface area contributed by atoms with Crippen LogP contribution in [0, 0.1) is 12.3 Å². The molecule has 1 amide bonds. The largest absolute Gasteiger partial charge is 0.493 e. The maximum atomic E-state index is 12.5. The summed E-state index contributed by atoms with van der Waals surface area (Å²) in [6.45, 7) is 8.03. The van der Waals surface area contributed by atoms with Crippen LogP contribution in [0.2, 0.25) is 0 Å². The fourth-order valence-electron chi connectivity index (χ4n) is 4.90. The highest BCUT2D eigenvalue weighted by Gasteiger charge is 2.48. The fourth-order valence-corrected chi connectivity index (χ4v) is 4.90. The van der Waals surface area contributed by atoms with Crippen molar-refractivity contribution in [2.45, 2.75) is 45.3 Å². The minimum atomic E-state index is -0.613. The predicted octanol–water partition coefficient (Wildman–Crippen LogP) is 2.36. The zero-order valence-corrected chi connectivity index (χ0v) is 20.4. The van der Waals surface area contributed by atoms with Crippen LogP contribution in [0.3, 0.4) is 0 Å². The smallest absolute Gasteiger partial charge is 0.224 e. The second kappa shape index (κ2) is 9.80. The lowest BCUT2D eigenvalue weighted by molar-refractivity contribution is -0.131. The van der Waals surface area contributed by atoms with Gasteiger partial charge in [0.05, 0.1) is 32.9 Å². The number of anilines is 1. The van der Waals surface area contributed by atoms with Crippen molar-refractivity contribution in [3.63, 3.8) is 0 Å². The number of ether oxygens (including phenoxy) is 2. The number of benzene rings is 1. The monoisotopic (exact) mass is 469 g/mol. The third-order valence-corrected chi connectivity index (χ3v) is 7.31. The number of amides is 1. The lowest BCUT2D eigenvalue weighted by Gasteiger charge is -2.40. The van der Waals surface area contributed by atoms with Gasteiger partial charge in [-0.05, 0) is 43.2 Å². The van der Waals surface area contributed by atoms with Crippen LogP contribution in [-0.4, -0.2) is 78.1 Å². The first kappa shape index (κ1) is 24.3. The van der Waals surface area contributed by atoms with E-state index in [1.54, 1.807) is 18.9 Å². The van der Waals surface area contributed by atoms with Gasteiger partial charge < -0.3 is 29.5 Å². The Morgan fingerprint density at radius 1 is 1.24 bits per heavy atom. The standard InChI is InChI=1S/C26H35N3O5/c1-17-5-8-24(27-12-17)28-13-20(14-28)34-23-11-19(6-7-22(23)33-4)21-15-29(25(32)9-10-30)16-26(21,3)18(2)31/h5-8,11-12,18,20-21,30-31H,9-10,13-16H2,1-4H3/t18-,21+,26+/m1/s1. The molecule has 0 unspecified atom stereocenters. The molecule has 0 radical (unpaired) electrons. The summed E-state index contributed by atoms with van der Waals surface area (Å²) in [5.74, 6) is 2.09. The number of carbonyl (C=O) groups excluding carboxylic acids is 1. The van der Waals surface area contributed by atoms with Gasteiger partial charge in [-0.1, -0.05) is 19.1 Å². The number of nitrogens with zero attached hydrogens (tertiary/aromatic N) is 3. The molecule has 1 aromatic heterocycles. The van der Waals surface area contributed by atoms with Crippen LogP contribution < -0.4 is 14.4 Å². The van der Waals surface area contributed by atoms with E-state index in [9.17, 15) is 15.0 Å².